The molecule has 0 aliphatic rings. The monoisotopic (exact) mass is 237 g/mol. The molecule has 1 aromatic heterocycles. The zero-order chi connectivity index (χ0) is 11.7. The summed E-state index contributed by atoms with van der Waals surface area (Å²) < 4.78 is 2.27. The quantitative estimate of drug-likeness (QED) is 0.699. The second-order valence-electron chi connectivity index (χ2n) is 3.30. The van der Waals surface area contributed by atoms with E-state index in [1.807, 2.05) is 6.92 Å². The third-order valence-electron chi connectivity index (χ3n) is 2.30. The Labute approximate surface area is 97.0 Å². The van der Waals surface area contributed by atoms with Gasteiger partial charge < -0.3 is 14.8 Å². The molecule has 0 bridgehead atoms. The van der Waals surface area contributed by atoms with Gasteiger partial charge in [-0.2, -0.15) is 5.10 Å². The summed E-state index contributed by atoms with van der Waals surface area (Å²) in [5.74, 6) is 0.548. The van der Waals surface area contributed by atoms with Gasteiger partial charge in [0, 0.05) is 12.6 Å². The molecule has 0 amide bonds. The molecule has 0 radical (unpaired) electrons. The molecule has 0 unspecified atom stereocenters. The number of rotatable bonds is 2. The van der Waals surface area contributed by atoms with Gasteiger partial charge >= 0.3 is 0 Å². The summed E-state index contributed by atoms with van der Waals surface area (Å²) in [5, 5.41) is 25.6. The van der Waals surface area contributed by atoms with Crippen LogP contribution in [0.25, 0.3) is 11.4 Å². The van der Waals surface area contributed by atoms with Crippen LogP contribution >= 0.6 is 12.2 Å². The largest absolute Gasteiger partial charge is 0.508 e. The van der Waals surface area contributed by atoms with E-state index in [9.17, 15) is 10.2 Å². The number of aromatic amines is 1. The number of aromatic nitrogens is 3. The van der Waals surface area contributed by atoms with Crippen LogP contribution in [-0.4, -0.2) is 25.0 Å². The Morgan fingerprint density at radius 1 is 1.44 bits per heavy atom. The summed E-state index contributed by atoms with van der Waals surface area (Å²) in [6, 6.07) is 4.36. The van der Waals surface area contributed by atoms with Crippen molar-refractivity contribution in [3.63, 3.8) is 0 Å². The van der Waals surface area contributed by atoms with Crippen molar-refractivity contribution in [1.29, 1.82) is 0 Å². The van der Waals surface area contributed by atoms with Crippen LogP contribution < -0.4 is 0 Å². The molecule has 5 nitrogen and oxygen atoms in total. The maximum atomic E-state index is 9.71. The molecule has 1 heterocycles. The predicted octanol–water partition coefficient (Wildman–Crippen LogP) is 2.04. The van der Waals surface area contributed by atoms with E-state index in [4.69, 9.17) is 12.2 Å². The summed E-state index contributed by atoms with van der Waals surface area (Å²) in [6.45, 7) is 2.59. The minimum absolute atomic E-state index is 0.0124. The van der Waals surface area contributed by atoms with Crippen LogP contribution in [-0.2, 0) is 6.54 Å². The number of nitrogens with zero attached hydrogens (tertiary/aromatic N) is 2. The average Bonchev–Trinajstić information content (AvgIpc) is 2.59. The number of phenols is 2. The maximum Gasteiger partial charge on any atom is 0.195 e. The van der Waals surface area contributed by atoms with E-state index in [1.54, 1.807) is 10.6 Å². The van der Waals surface area contributed by atoms with E-state index >= 15 is 0 Å². The lowest BCUT2D eigenvalue weighted by Crippen LogP contribution is -1.97. The van der Waals surface area contributed by atoms with Gasteiger partial charge in [-0.25, -0.2) is 0 Å². The number of hydrogen-bond acceptors (Lipinski definition) is 4. The molecule has 0 spiro atoms. The number of nitrogens with one attached hydrogen (secondary N) is 1. The Balaban J connectivity index is 2.63. The van der Waals surface area contributed by atoms with E-state index in [1.165, 1.54) is 12.1 Å². The summed E-state index contributed by atoms with van der Waals surface area (Å²) >= 11 is 5.05. The van der Waals surface area contributed by atoms with Gasteiger partial charge in [-0.05, 0) is 31.3 Å². The lowest BCUT2D eigenvalue weighted by atomic mass is 10.2. The number of benzene rings is 1. The van der Waals surface area contributed by atoms with Crippen molar-refractivity contribution in [2.24, 2.45) is 0 Å². The number of phenolic OH excluding ortho intramolecular Hbond substituents is 2. The van der Waals surface area contributed by atoms with E-state index in [2.05, 4.69) is 10.2 Å². The topological polar surface area (TPSA) is 74.1 Å². The summed E-state index contributed by atoms with van der Waals surface area (Å²) in [4.78, 5) is 0. The van der Waals surface area contributed by atoms with Crippen LogP contribution in [0.15, 0.2) is 18.2 Å². The van der Waals surface area contributed by atoms with Crippen molar-refractivity contribution in [1.82, 2.24) is 14.8 Å². The van der Waals surface area contributed by atoms with Gasteiger partial charge in [0.15, 0.2) is 10.6 Å². The minimum atomic E-state index is -0.0244. The highest BCUT2D eigenvalue weighted by Crippen LogP contribution is 2.30. The van der Waals surface area contributed by atoms with Crippen LogP contribution in [0, 0.1) is 4.77 Å². The lowest BCUT2D eigenvalue weighted by Gasteiger charge is -2.05. The normalized spacial score (nSPS) is 10.6. The Hall–Kier alpha value is -1.82. The second kappa shape index (κ2) is 3.97. The highest BCUT2D eigenvalue weighted by Gasteiger charge is 2.11. The van der Waals surface area contributed by atoms with Crippen molar-refractivity contribution in [3.05, 3.63) is 23.0 Å². The molecule has 2 aromatic rings. The first kappa shape index (κ1) is 10.7. The molecule has 1 aromatic carbocycles. The molecule has 0 atom stereocenters. The van der Waals surface area contributed by atoms with Crippen molar-refractivity contribution < 1.29 is 10.2 Å². The molecule has 0 saturated carbocycles. The molecular formula is C10H11N3O2S. The first-order valence-electron chi connectivity index (χ1n) is 4.81. The van der Waals surface area contributed by atoms with Gasteiger partial charge in [0.05, 0.1) is 5.56 Å². The van der Waals surface area contributed by atoms with E-state index in [-0.39, 0.29) is 11.5 Å². The molecule has 2 rings (SSSR count). The molecule has 0 aliphatic heterocycles. The van der Waals surface area contributed by atoms with Crippen LogP contribution in [0.3, 0.4) is 0 Å². The summed E-state index contributed by atoms with van der Waals surface area (Å²) in [7, 11) is 0. The van der Waals surface area contributed by atoms with Gasteiger partial charge in [0.2, 0.25) is 0 Å². The Morgan fingerprint density at radius 3 is 2.81 bits per heavy atom. The molecule has 0 saturated heterocycles. The molecule has 3 N–H and O–H groups in total. The first-order chi connectivity index (χ1) is 7.63. The SMILES string of the molecule is CCn1c(-c2ccc(O)cc2O)n[nH]c1=S. The van der Waals surface area contributed by atoms with E-state index in [0.29, 0.717) is 22.7 Å². The molecular weight excluding hydrogens is 226 g/mol. The summed E-state index contributed by atoms with van der Waals surface area (Å²) in [6.07, 6.45) is 0. The van der Waals surface area contributed by atoms with Crippen LogP contribution in [0.2, 0.25) is 0 Å². The fraction of sp³-hybridized carbons (Fsp3) is 0.200. The number of hydrogen-bond donors (Lipinski definition) is 3. The standard InChI is InChI=1S/C10H11N3O2S/c1-2-13-9(11-12-10(13)16)7-4-3-6(14)5-8(7)15/h3-5,14-15H,2H2,1H3,(H,12,16). The third-order valence-corrected chi connectivity index (χ3v) is 2.61. The lowest BCUT2D eigenvalue weighted by molar-refractivity contribution is 0.451. The highest BCUT2D eigenvalue weighted by atomic mass is 32.1. The third kappa shape index (κ3) is 1.67. The van der Waals surface area contributed by atoms with Crippen LogP contribution in [0.5, 0.6) is 11.5 Å². The van der Waals surface area contributed by atoms with E-state index < -0.39 is 0 Å². The second-order valence-corrected chi connectivity index (χ2v) is 3.68. The van der Waals surface area contributed by atoms with Gasteiger partial charge in [-0.3, -0.25) is 5.10 Å². The van der Waals surface area contributed by atoms with Crippen molar-refractivity contribution in [2.75, 3.05) is 0 Å². The van der Waals surface area contributed by atoms with Crippen molar-refractivity contribution in [2.45, 2.75) is 13.5 Å². The van der Waals surface area contributed by atoms with Crippen molar-refractivity contribution >= 4 is 12.2 Å². The molecule has 6 heteroatoms. The van der Waals surface area contributed by atoms with Gasteiger partial charge in [0.1, 0.15) is 11.5 Å². The molecule has 84 valence electrons. The molecule has 16 heavy (non-hydrogen) atoms. The highest BCUT2D eigenvalue weighted by molar-refractivity contribution is 7.71. The van der Waals surface area contributed by atoms with Crippen molar-refractivity contribution in [3.8, 4) is 22.9 Å². The smallest absolute Gasteiger partial charge is 0.195 e. The predicted molar refractivity (Wildman–Crippen MR) is 61.9 cm³/mol. The first-order valence-corrected chi connectivity index (χ1v) is 5.22. The molecule has 0 aliphatic carbocycles. The maximum absolute atomic E-state index is 9.71. The fourth-order valence-electron chi connectivity index (χ4n) is 1.53. The average molecular weight is 237 g/mol. The fourth-order valence-corrected chi connectivity index (χ4v) is 1.79. The van der Waals surface area contributed by atoms with E-state index in [0.717, 1.165) is 0 Å². The zero-order valence-electron chi connectivity index (χ0n) is 8.64. The molecule has 0 fully saturated rings. The zero-order valence-corrected chi connectivity index (χ0v) is 9.45. The van der Waals surface area contributed by atoms with Gasteiger partial charge in [0.25, 0.3) is 0 Å². The van der Waals surface area contributed by atoms with Crippen LogP contribution in [0.4, 0.5) is 0 Å². The number of aromatic hydroxyl groups is 2. The minimum Gasteiger partial charge on any atom is -0.508 e. The Bertz CT molecular complexity index is 574. The number of H-pyrrole nitrogens is 1. The van der Waals surface area contributed by atoms with Gasteiger partial charge in [-0.15, -0.1) is 0 Å². The van der Waals surface area contributed by atoms with Gasteiger partial charge in [-0.1, -0.05) is 0 Å². The summed E-state index contributed by atoms with van der Waals surface area (Å²) in [5.41, 5.74) is 0.534. The Kier molecular flexibility index (Phi) is 2.66. The van der Waals surface area contributed by atoms with Crippen LogP contribution in [0.1, 0.15) is 6.92 Å². The Morgan fingerprint density at radius 2 is 2.19 bits per heavy atom.